The highest BCUT2D eigenvalue weighted by atomic mass is 16.5. The number of amides is 1. The number of carbonyl (C=O) groups excluding carboxylic acids is 1. The summed E-state index contributed by atoms with van der Waals surface area (Å²) >= 11 is 0. The molecule has 0 aliphatic carbocycles. The molecule has 1 amide bonds. The lowest BCUT2D eigenvalue weighted by molar-refractivity contribution is -0.115. The van der Waals surface area contributed by atoms with Crippen LogP contribution in [0.4, 0.5) is 17.4 Å². The number of aromatic nitrogens is 2. The highest BCUT2D eigenvalue weighted by molar-refractivity contribution is 6.04. The molecule has 3 heterocycles. The van der Waals surface area contributed by atoms with Gasteiger partial charge in [-0.1, -0.05) is 29.4 Å². The molecule has 2 atom stereocenters. The molecule has 0 saturated heterocycles. The molecule has 7 heteroatoms. The maximum Gasteiger partial charge on any atom is 0.323 e. The van der Waals surface area contributed by atoms with E-state index >= 15 is 0 Å². The Morgan fingerprint density at radius 2 is 1.83 bits per heavy atom. The second kappa shape index (κ2) is 6.48. The number of anilines is 3. The lowest BCUT2D eigenvalue weighted by atomic mass is 9.97. The summed E-state index contributed by atoms with van der Waals surface area (Å²) in [6, 6.07) is 16.5. The number of hydrogen-bond donors (Lipinski definition) is 0. The number of likely N-dealkylation sites (N-methyl/N-ethyl adjacent to an activating group) is 1. The maximum atomic E-state index is 12.9. The van der Waals surface area contributed by atoms with Crippen molar-refractivity contribution in [2.75, 3.05) is 35.8 Å². The zero-order valence-corrected chi connectivity index (χ0v) is 16.5. The standard InChI is InChI=1S/C22H21N5O2/c1-25(2)22-23-21(24-29-22)14-8-10-15(11-9-14)27-19(28)13-12-18-20(27)16-6-4-5-7-17(16)26(18)3/h4-13,18,20H,1-3H3. The topological polar surface area (TPSA) is 65.7 Å². The van der Waals surface area contributed by atoms with Gasteiger partial charge in [-0.25, -0.2) is 0 Å². The van der Waals surface area contributed by atoms with Crippen LogP contribution in [0.3, 0.4) is 0 Å². The molecule has 2 aliphatic rings. The van der Waals surface area contributed by atoms with E-state index in [0.29, 0.717) is 11.8 Å². The second-order valence-electron chi connectivity index (χ2n) is 7.51. The maximum absolute atomic E-state index is 12.9. The minimum atomic E-state index is -0.0509. The van der Waals surface area contributed by atoms with Crippen LogP contribution in [-0.2, 0) is 4.79 Å². The van der Waals surface area contributed by atoms with Crippen molar-refractivity contribution < 1.29 is 9.32 Å². The molecule has 0 saturated carbocycles. The summed E-state index contributed by atoms with van der Waals surface area (Å²) in [5, 5.41) is 4.03. The molecule has 146 valence electrons. The molecule has 3 aromatic rings. The zero-order valence-electron chi connectivity index (χ0n) is 16.5. The highest BCUT2D eigenvalue weighted by Crippen LogP contribution is 2.45. The molecule has 7 nitrogen and oxygen atoms in total. The lowest BCUT2D eigenvalue weighted by Gasteiger charge is -2.36. The van der Waals surface area contributed by atoms with Crippen molar-refractivity contribution in [1.82, 2.24) is 10.1 Å². The number of nitrogens with zero attached hydrogens (tertiary/aromatic N) is 5. The van der Waals surface area contributed by atoms with E-state index in [4.69, 9.17) is 4.52 Å². The van der Waals surface area contributed by atoms with Crippen molar-refractivity contribution in [3.05, 3.63) is 66.2 Å². The fourth-order valence-electron chi connectivity index (χ4n) is 4.11. The fourth-order valence-corrected chi connectivity index (χ4v) is 4.11. The van der Waals surface area contributed by atoms with E-state index in [2.05, 4.69) is 34.2 Å². The van der Waals surface area contributed by atoms with Crippen LogP contribution in [0.2, 0.25) is 0 Å². The summed E-state index contributed by atoms with van der Waals surface area (Å²) < 4.78 is 5.24. The molecule has 2 aromatic carbocycles. The van der Waals surface area contributed by atoms with Gasteiger partial charge in [0.15, 0.2) is 0 Å². The molecule has 0 bridgehead atoms. The van der Waals surface area contributed by atoms with Gasteiger partial charge in [0.2, 0.25) is 5.82 Å². The summed E-state index contributed by atoms with van der Waals surface area (Å²) in [6.45, 7) is 0. The largest absolute Gasteiger partial charge is 0.365 e. The van der Waals surface area contributed by atoms with E-state index < -0.39 is 0 Å². The van der Waals surface area contributed by atoms with Crippen LogP contribution >= 0.6 is 0 Å². The predicted octanol–water partition coefficient (Wildman–Crippen LogP) is 3.27. The molecule has 0 N–H and O–H groups in total. The fraction of sp³-hybridized carbons (Fsp3) is 0.227. The number of benzene rings is 2. The number of fused-ring (bicyclic) bond motifs is 3. The SMILES string of the molecule is CN(C)c1nc(-c2ccc(N3C(=O)C=CC4C3c3ccccc3N4C)cc2)no1. The number of para-hydroxylation sites is 1. The van der Waals surface area contributed by atoms with Gasteiger partial charge in [0.05, 0.1) is 12.1 Å². The first-order valence-electron chi connectivity index (χ1n) is 9.49. The van der Waals surface area contributed by atoms with Gasteiger partial charge >= 0.3 is 6.01 Å². The summed E-state index contributed by atoms with van der Waals surface area (Å²) in [6.07, 6.45) is 3.67. The Balaban J connectivity index is 1.51. The quantitative estimate of drug-likeness (QED) is 0.687. The van der Waals surface area contributed by atoms with E-state index in [1.54, 1.807) is 11.0 Å². The van der Waals surface area contributed by atoms with Crippen LogP contribution in [0.5, 0.6) is 0 Å². The first kappa shape index (κ1) is 17.5. The first-order chi connectivity index (χ1) is 14.0. The number of rotatable bonds is 3. The first-order valence-corrected chi connectivity index (χ1v) is 9.49. The van der Waals surface area contributed by atoms with Crippen LogP contribution < -0.4 is 14.7 Å². The van der Waals surface area contributed by atoms with Gasteiger partial charge in [-0.3, -0.25) is 9.69 Å². The average Bonchev–Trinajstić information content (AvgIpc) is 3.33. The molecular formula is C22H21N5O2. The van der Waals surface area contributed by atoms with E-state index in [1.807, 2.05) is 61.5 Å². The van der Waals surface area contributed by atoms with Gasteiger partial charge in [-0.2, -0.15) is 4.98 Å². The smallest absolute Gasteiger partial charge is 0.323 e. The van der Waals surface area contributed by atoms with Crippen molar-refractivity contribution in [3.63, 3.8) is 0 Å². The van der Waals surface area contributed by atoms with Crippen molar-refractivity contribution in [2.24, 2.45) is 0 Å². The molecular weight excluding hydrogens is 366 g/mol. The minimum Gasteiger partial charge on any atom is -0.365 e. The van der Waals surface area contributed by atoms with Crippen molar-refractivity contribution in [3.8, 4) is 11.4 Å². The normalized spacial score (nSPS) is 20.0. The number of carbonyl (C=O) groups is 1. The Hall–Kier alpha value is -3.61. The summed E-state index contributed by atoms with van der Waals surface area (Å²) in [5.74, 6) is 0.507. The zero-order chi connectivity index (χ0) is 20.1. The van der Waals surface area contributed by atoms with Gasteiger partial charge in [-0.15, -0.1) is 0 Å². The van der Waals surface area contributed by atoms with Gasteiger partial charge in [0, 0.05) is 49.7 Å². The molecule has 0 radical (unpaired) electrons. The molecule has 29 heavy (non-hydrogen) atoms. The van der Waals surface area contributed by atoms with Crippen LogP contribution in [0, 0.1) is 0 Å². The van der Waals surface area contributed by atoms with Crippen molar-refractivity contribution >= 4 is 23.3 Å². The molecule has 5 rings (SSSR count). The van der Waals surface area contributed by atoms with Crippen molar-refractivity contribution in [2.45, 2.75) is 12.1 Å². The van der Waals surface area contributed by atoms with Crippen LogP contribution in [0.1, 0.15) is 11.6 Å². The molecule has 0 spiro atoms. The number of hydrogen-bond acceptors (Lipinski definition) is 6. The second-order valence-corrected chi connectivity index (χ2v) is 7.51. The van der Waals surface area contributed by atoms with Gasteiger partial charge in [0.25, 0.3) is 5.91 Å². The van der Waals surface area contributed by atoms with E-state index in [9.17, 15) is 4.79 Å². The monoisotopic (exact) mass is 387 g/mol. The van der Waals surface area contributed by atoms with Crippen molar-refractivity contribution in [1.29, 1.82) is 0 Å². The van der Waals surface area contributed by atoms with Gasteiger partial charge < -0.3 is 14.3 Å². The summed E-state index contributed by atoms with van der Waals surface area (Å²) in [5.41, 5.74) is 4.01. The Kier molecular flexibility index (Phi) is 3.91. The third-order valence-electron chi connectivity index (χ3n) is 5.56. The van der Waals surface area contributed by atoms with Gasteiger partial charge in [-0.05, 0) is 30.3 Å². The Labute approximate surface area is 168 Å². The molecule has 1 aromatic heterocycles. The Morgan fingerprint density at radius 3 is 2.55 bits per heavy atom. The summed E-state index contributed by atoms with van der Waals surface area (Å²) in [7, 11) is 5.77. The summed E-state index contributed by atoms with van der Waals surface area (Å²) in [4.78, 5) is 23.1. The molecule has 2 unspecified atom stereocenters. The Morgan fingerprint density at radius 1 is 1.07 bits per heavy atom. The van der Waals surface area contributed by atoms with E-state index in [-0.39, 0.29) is 18.0 Å². The van der Waals surface area contributed by atoms with Crippen LogP contribution in [-0.4, -0.2) is 43.2 Å². The van der Waals surface area contributed by atoms with E-state index in [1.165, 1.54) is 0 Å². The third-order valence-corrected chi connectivity index (χ3v) is 5.56. The Bertz CT molecular complexity index is 1100. The lowest BCUT2D eigenvalue weighted by Crippen LogP contribution is -2.44. The highest BCUT2D eigenvalue weighted by Gasteiger charge is 2.43. The molecule has 0 fully saturated rings. The van der Waals surface area contributed by atoms with E-state index in [0.717, 1.165) is 22.5 Å². The minimum absolute atomic E-state index is 0.0152. The third kappa shape index (κ3) is 2.69. The average molecular weight is 387 g/mol. The van der Waals surface area contributed by atoms with Crippen LogP contribution in [0.25, 0.3) is 11.4 Å². The predicted molar refractivity (Wildman–Crippen MR) is 112 cm³/mol. The van der Waals surface area contributed by atoms with Crippen LogP contribution in [0.15, 0.2) is 65.2 Å². The molecule has 2 aliphatic heterocycles. The van der Waals surface area contributed by atoms with Gasteiger partial charge in [0.1, 0.15) is 0 Å².